The molecule has 0 aliphatic rings. The molecule has 6 heteroatoms. The normalized spacial score (nSPS) is 10.0. The van der Waals surface area contributed by atoms with E-state index in [1.165, 1.54) is 0 Å². The van der Waals surface area contributed by atoms with Gasteiger partial charge < -0.3 is 5.11 Å². The van der Waals surface area contributed by atoms with Crippen molar-refractivity contribution >= 4 is 5.97 Å². The third kappa shape index (κ3) is 2.71. The molecule has 1 aromatic heterocycles. The van der Waals surface area contributed by atoms with Crippen LogP contribution in [0, 0.1) is 11.3 Å². The monoisotopic (exact) mass is 212 g/mol. The van der Waals surface area contributed by atoms with Gasteiger partial charge in [-0.2, -0.15) is 5.26 Å². The molecule has 0 fully saturated rings. The van der Waals surface area contributed by atoms with E-state index >= 15 is 0 Å². The van der Waals surface area contributed by atoms with E-state index in [1.54, 1.807) is 6.07 Å². The van der Waals surface area contributed by atoms with E-state index in [2.05, 4.69) is 4.98 Å². The Kier molecular flexibility index (Phi) is 3.29. The molecular weight excluding hydrogens is 206 g/mol. The van der Waals surface area contributed by atoms with Gasteiger partial charge in [0.05, 0.1) is 12.0 Å². The van der Waals surface area contributed by atoms with Gasteiger partial charge in [-0.1, -0.05) is 0 Å². The molecule has 0 unspecified atom stereocenters. The van der Waals surface area contributed by atoms with Gasteiger partial charge in [-0.15, -0.1) is 0 Å². The van der Waals surface area contributed by atoms with E-state index in [0.29, 0.717) is 0 Å². The van der Waals surface area contributed by atoms with Gasteiger partial charge >= 0.3 is 5.97 Å². The standard InChI is InChI=1S/C9H6F2N2O2/c10-9(11)7-1-5(2-8(14)15)6(3-12)4-13-7/h1,4,9H,2H2,(H,14,15). The summed E-state index contributed by atoms with van der Waals surface area (Å²) in [7, 11) is 0. The highest BCUT2D eigenvalue weighted by Crippen LogP contribution is 2.19. The van der Waals surface area contributed by atoms with Crippen molar-refractivity contribution in [2.75, 3.05) is 0 Å². The first-order valence-corrected chi connectivity index (χ1v) is 3.93. The fourth-order valence-electron chi connectivity index (χ4n) is 1.04. The van der Waals surface area contributed by atoms with Crippen LogP contribution in [0.1, 0.15) is 23.2 Å². The number of aromatic nitrogens is 1. The van der Waals surface area contributed by atoms with Gasteiger partial charge in [0.25, 0.3) is 6.43 Å². The lowest BCUT2D eigenvalue weighted by Crippen LogP contribution is -2.04. The first kappa shape index (κ1) is 11.0. The number of pyridine rings is 1. The molecule has 1 heterocycles. The summed E-state index contributed by atoms with van der Waals surface area (Å²) in [6.45, 7) is 0. The number of hydrogen-bond donors (Lipinski definition) is 1. The number of carboxylic acids is 1. The third-order valence-corrected chi connectivity index (χ3v) is 1.70. The lowest BCUT2D eigenvalue weighted by Gasteiger charge is -2.03. The molecule has 0 radical (unpaired) electrons. The second kappa shape index (κ2) is 4.46. The maximum atomic E-state index is 12.2. The Morgan fingerprint density at radius 3 is 2.80 bits per heavy atom. The maximum Gasteiger partial charge on any atom is 0.307 e. The molecule has 0 amide bonds. The molecule has 0 aromatic carbocycles. The van der Waals surface area contributed by atoms with E-state index in [0.717, 1.165) is 12.3 Å². The van der Waals surface area contributed by atoms with Gasteiger partial charge in [0, 0.05) is 6.20 Å². The summed E-state index contributed by atoms with van der Waals surface area (Å²) in [5.74, 6) is -1.18. The lowest BCUT2D eigenvalue weighted by molar-refractivity contribution is -0.136. The van der Waals surface area contributed by atoms with Crippen molar-refractivity contribution in [1.82, 2.24) is 4.98 Å². The molecule has 1 rings (SSSR count). The van der Waals surface area contributed by atoms with Crippen molar-refractivity contribution in [3.05, 3.63) is 29.1 Å². The van der Waals surface area contributed by atoms with Gasteiger partial charge in [0.2, 0.25) is 0 Å². The van der Waals surface area contributed by atoms with Crippen LogP contribution in [-0.4, -0.2) is 16.1 Å². The predicted octanol–water partition coefficient (Wildman–Crippen LogP) is 1.52. The number of nitriles is 1. The first-order chi connectivity index (χ1) is 7.04. The van der Waals surface area contributed by atoms with Crippen LogP contribution in [-0.2, 0) is 11.2 Å². The average Bonchev–Trinajstić information content (AvgIpc) is 2.16. The number of rotatable bonds is 3. The fourth-order valence-corrected chi connectivity index (χ4v) is 1.04. The van der Waals surface area contributed by atoms with Crippen molar-refractivity contribution in [1.29, 1.82) is 5.26 Å². The Morgan fingerprint density at radius 2 is 2.33 bits per heavy atom. The Hall–Kier alpha value is -2.03. The maximum absolute atomic E-state index is 12.2. The highest BCUT2D eigenvalue weighted by molar-refractivity contribution is 5.71. The van der Waals surface area contributed by atoms with Crippen LogP contribution in [0.2, 0.25) is 0 Å². The predicted molar refractivity (Wildman–Crippen MR) is 45.2 cm³/mol. The Labute approximate surface area is 83.8 Å². The minimum absolute atomic E-state index is 0.00167. The van der Waals surface area contributed by atoms with Gasteiger partial charge in [-0.3, -0.25) is 9.78 Å². The summed E-state index contributed by atoms with van der Waals surface area (Å²) < 4.78 is 24.5. The summed E-state index contributed by atoms with van der Waals surface area (Å²) in [6.07, 6.45) is -2.28. The summed E-state index contributed by atoms with van der Waals surface area (Å²) in [6, 6.07) is 2.64. The number of aliphatic carboxylic acids is 1. The van der Waals surface area contributed by atoms with Gasteiger partial charge in [0.15, 0.2) is 0 Å². The third-order valence-electron chi connectivity index (χ3n) is 1.70. The van der Waals surface area contributed by atoms with Gasteiger partial charge in [-0.25, -0.2) is 8.78 Å². The van der Waals surface area contributed by atoms with Crippen LogP contribution in [0.25, 0.3) is 0 Å². The van der Waals surface area contributed by atoms with Crippen molar-refractivity contribution in [2.24, 2.45) is 0 Å². The lowest BCUT2D eigenvalue weighted by atomic mass is 10.1. The largest absolute Gasteiger partial charge is 0.481 e. The van der Waals surface area contributed by atoms with Crippen molar-refractivity contribution in [3.63, 3.8) is 0 Å². The zero-order valence-electron chi connectivity index (χ0n) is 7.44. The first-order valence-electron chi connectivity index (χ1n) is 3.93. The molecule has 0 aliphatic heterocycles. The molecule has 0 atom stereocenters. The summed E-state index contributed by atoms with van der Waals surface area (Å²) in [5.41, 5.74) is -0.470. The molecule has 15 heavy (non-hydrogen) atoms. The molecule has 1 aromatic rings. The summed E-state index contributed by atoms with van der Waals surface area (Å²) >= 11 is 0. The zero-order valence-corrected chi connectivity index (χ0v) is 7.44. The van der Waals surface area contributed by atoms with Crippen LogP contribution in [0.4, 0.5) is 8.78 Å². The van der Waals surface area contributed by atoms with Crippen LogP contribution < -0.4 is 0 Å². The van der Waals surface area contributed by atoms with E-state index in [9.17, 15) is 13.6 Å². The minimum atomic E-state index is -2.77. The summed E-state index contributed by atoms with van der Waals surface area (Å²) in [5, 5.41) is 17.1. The van der Waals surface area contributed by atoms with E-state index in [-0.39, 0.29) is 11.1 Å². The number of nitrogens with zero attached hydrogens (tertiary/aromatic N) is 2. The smallest absolute Gasteiger partial charge is 0.307 e. The molecule has 0 saturated heterocycles. The van der Waals surface area contributed by atoms with Crippen molar-refractivity contribution < 1.29 is 18.7 Å². The number of carbonyl (C=O) groups is 1. The van der Waals surface area contributed by atoms with E-state index < -0.39 is 24.5 Å². The molecule has 0 spiro atoms. The van der Waals surface area contributed by atoms with Crippen molar-refractivity contribution in [3.8, 4) is 6.07 Å². The minimum Gasteiger partial charge on any atom is -0.481 e. The number of hydrogen-bond acceptors (Lipinski definition) is 3. The molecular formula is C9H6F2N2O2. The van der Waals surface area contributed by atoms with Crippen LogP contribution in [0.3, 0.4) is 0 Å². The Bertz CT molecular complexity index is 427. The topological polar surface area (TPSA) is 74.0 Å². The van der Waals surface area contributed by atoms with Gasteiger partial charge in [-0.05, 0) is 11.6 Å². The summed E-state index contributed by atoms with van der Waals surface area (Å²) in [4.78, 5) is 13.8. The van der Waals surface area contributed by atoms with Crippen LogP contribution in [0.5, 0.6) is 0 Å². The van der Waals surface area contributed by atoms with E-state index in [4.69, 9.17) is 10.4 Å². The quantitative estimate of drug-likeness (QED) is 0.824. The SMILES string of the molecule is N#Cc1cnc(C(F)F)cc1CC(=O)O. The number of alkyl halides is 2. The van der Waals surface area contributed by atoms with Crippen molar-refractivity contribution in [2.45, 2.75) is 12.8 Å². The number of halogens is 2. The average molecular weight is 212 g/mol. The zero-order chi connectivity index (χ0) is 11.4. The fraction of sp³-hybridized carbons (Fsp3) is 0.222. The highest BCUT2D eigenvalue weighted by Gasteiger charge is 2.13. The van der Waals surface area contributed by atoms with E-state index in [1.807, 2.05) is 0 Å². The molecule has 0 saturated carbocycles. The van der Waals surface area contributed by atoms with Crippen LogP contribution >= 0.6 is 0 Å². The highest BCUT2D eigenvalue weighted by atomic mass is 19.3. The molecule has 78 valence electrons. The second-order valence-electron chi connectivity index (χ2n) is 2.75. The Balaban J connectivity index is 3.14. The van der Waals surface area contributed by atoms with Crippen LogP contribution in [0.15, 0.2) is 12.3 Å². The molecule has 4 nitrogen and oxygen atoms in total. The Morgan fingerprint density at radius 1 is 1.67 bits per heavy atom. The molecule has 1 N–H and O–H groups in total. The second-order valence-corrected chi connectivity index (χ2v) is 2.75. The molecule has 0 aliphatic carbocycles. The van der Waals surface area contributed by atoms with Gasteiger partial charge in [0.1, 0.15) is 11.8 Å². The number of carboxylic acid groups (broad SMARTS) is 1. The molecule has 0 bridgehead atoms.